The molecule has 0 saturated heterocycles. The Labute approximate surface area is 168 Å². The van der Waals surface area contributed by atoms with Crippen LogP contribution in [-0.2, 0) is 16.6 Å². The summed E-state index contributed by atoms with van der Waals surface area (Å²) >= 11 is 0. The molecule has 1 unspecified atom stereocenters. The maximum Gasteiger partial charge on any atom is 0.232 e. The van der Waals surface area contributed by atoms with Crippen LogP contribution in [-0.4, -0.2) is 37.0 Å². The molecule has 7 heteroatoms. The molecular formula is C22H21FN2O3S. The van der Waals surface area contributed by atoms with Gasteiger partial charge >= 0.3 is 0 Å². The second-order valence-electron chi connectivity index (χ2n) is 7.07. The third kappa shape index (κ3) is 3.83. The van der Waals surface area contributed by atoms with E-state index >= 15 is 0 Å². The van der Waals surface area contributed by atoms with Crippen LogP contribution in [0.5, 0.6) is 0 Å². The summed E-state index contributed by atoms with van der Waals surface area (Å²) in [5.74, 6) is -0.451. The molecule has 0 spiro atoms. The van der Waals surface area contributed by atoms with Gasteiger partial charge in [-0.25, -0.2) is 12.8 Å². The van der Waals surface area contributed by atoms with E-state index in [-0.39, 0.29) is 13.1 Å². The highest BCUT2D eigenvalue weighted by atomic mass is 32.2. The maximum atomic E-state index is 13.2. The summed E-state index contributed by atoms with van der Waals surface area (Å²) in [5, 5.41) is 12.9. The second-order valence-corrected chi connectivity index (χ2v) is 8.98. The van der Waals surface area contributed by atoms with Gasteiger partial charge in [-0.1, -0.05) is 36.4 Å². The van der Waals surface area contributed by atoms with Crippen molar-refractivity contribution < 1.29 is 17.9 Å². The maximum absolute atomic E-state index is 13.2. The van der Waals surface area contributed by atoms with Crippen LogP contribution < -0.4 is 4.31 Å². The third-order valence-corrected chi connectivity index (χ3v) is 6.13. The van der Waals surface area contributed by atoms with Crippen molar-refractivity contribution in [3.05, 3.63) is 78.6 Å². The number of halogens is 1. The molecule has 0 saturated carbocycles. The average Bonchev–Trinajstić information content (AvgIpc) is 3.00. The molecule has 0 aliphatic rings. The number of aliphatic hydroxyl groups is 1. The van der Waals surface area contributed by atoms with E-state index in [1.807, 2.05) is 53.1 Å². The Morgan fingerprint density at radius 3 is 1.97 bits per heavy atom. The minimum atomic E-state index is -3.65. The van der Waals surface area contributed by atoms with Gasteiger partial charge in [0, 0.05) is 21.8 Å². The molecule has 0 fully saturated rings. The number of benzene rings is 3. The van der Waals surface area contributed by atoms with Crippen LogP contribution in [0.4, 0.5) is 10.1 Å². The summed E-state index contributed by atoms with van der Waals surface area (Å²) in [5.41, 5.74) is 2.26. The fourth-order valence-electron chi connectivity index (χ4n) is 3.70. The SMILES string of the molecule is CS(=O)(=O)N(CC(O)Cn1c2ccccc2c2ccccc21)c1ccc(F)cc1. The van der Waals surface area contributed by atoms with Crippen molar-refractivity contribution in [3.63, 3.8) is 0 Å². The summed E-state index contributed by atoms with van der Waals surface area (Å²) in [4.78, 5) is 0. The summed E-state index contributed by atoms with van der Waals surface area (Å²) in [6, 6.07) is 21.0. The molecule has 1 atom stereocenters. The van der Waals surface area contributed by atoms with Crippen LogP contribution in [0, 0.1) is 5.82 Å². The number of aliphatic hydroxyl groups excluding tert-OH is 1. The fourth-order valence-corrected chi connectivity index (χ4v) is 4.65. The third-order valence-electron chi connectivity index (χ3n) is 4.96. The number of para-hydroxylation sites is 2. The number of hydrogen-bond donors (Lipinski definition) is 1. The minimum Gasteiger partial charge on any atom is -0.389 e. The number of sulfonamides is 1. The number of aromatic nitrogens is 1. The zero-order chi connectivity index (χ0) is 20.6. The van der Waals surface area contributed by atoms with E-state index in [1.54, 1.807) is 0 Å². The van der Waals surface area contributed by atoms with E-state index in [0.29, 0.717) is 5.69 Å². The predicted octanol–water partition coefficient (Wildman–Crippen LogP) is 3.76. The molecule has 3 aromatic carbocycles. The van der Waals surface area contributed by atoms with E-state index in [9.17, 15) is 17.9 Å². The largest absolute Gasteiger partial charge is 0.389 e. The predicted molar refractivity (Wildman–Crippen MR) is 114 cm³/mol. The van der Waals surface area contributed by atoms with Crippen molar-refractivity contribution in [2.24, 2.45) is 0 Å². The van der Waals surface area contributed by atoms with Crippen molar-refractivity contribution in [1.29, 1.82) is 0 Å². The van der Waals surface area contributed by atoms with Gasteiger partial charge in [0.15, 0.2) is 0 Å². The minimum absolute atomic E-state index is 0.134. The van der Waals surface area contributed by atoms with Crippen LogP contribution in [0.1, 0.15) is 0 Å². The Kier molecular flexibility index (Phi) is 5.02. The quantitative estimate of drug-likeness (QED) is 0.525. The van der Waals surface area contributed by atoms with E-state index in [0.717, 1.165) is 32.4 Å². The molecule has 4 rings (SSSR count). The van der Waals surface area contributed by atoms with Crippen molar-refractivity contribution in [2.75, 3.05) is 17.1 Å². The van der Waals surface area contributed by atoms with Gasteiger partial charge in [0.1, 0.15) is 5.82 Å². The Balaban J connectivity index is 1.68. The van der Waals surface area contributed by atoms with Crippen LogP contribution in [0.2, 0.25) is 0 Å². The molecule has 0 aliphatic heterocycles. The molecule has 1 aromatic heterocycles. The fraction of sp³-hybridized carbons (Fsp3) is 0.182. The van der Waals surface area contributed by atoms with Crippen LogP contribution >= 0.6 is 0 Å². The highest BCUT2D eigenvalue weighted by Gasteiger charge is 2.22. The van der Waals surface area contributed by atoms with Crippen molar-refractivity contribution in [1.82, 2.24) is 4.57 Å². The molecular weight excluding hydrogens is 391 g/mol. The molecule has 0 radical (unpaired) electrons. The topological polar surface area (TPSA) is 62.5 Å². The van der Waals surface area contributed by atoms with Crippen LogP contribution in [0.25, 0.3) is 21.8 Å². The van der Waals surface area contributed by atoms with Gasteiger partial charge in [-0.15, -0.1) is 0 Å². The summed E-state index contributed by atoms with van der Waals surface area (Å²) in [6.07, 6.45) is 0.109. The van der Waals surface area contributed by atoms with Crippen molar-refractivity contribution in [3.8, 4) is 0 Å². The lowest BCUT2D eigenvalue weighted by atomic mass is 10.2. The van der Waals surface area contributed by atoms with E-state index in [2.05, 4.69) is 0 Å². The summed E-state index contributed by atoms with van der Waals surface area (Å²) in [7, 11) is -3.65. The van der Waals surface area contributed by atoms with Crippen LogP contribution in [0.3, 0.4) is 0 Å². The monoisotopic (exact) mass is 412 g/mol. The molecule has 1 heterocycles. The Hall–Kier alpha value is -2.90. The smallest absolute Gasteiger partial charge is 0.232 e. The van der Waals surface area contributed by atoms with Gasteiger partial charge in [-0.05, 0) is 36.4 Å². The van der Waals surface area contributed by atoms with Gasteiger partial charge < -0.3 is 9.67 Å². The molecule has 0 amide bonds. The molecule has 0 bridgehead atoms. The van der Waals surface area contributed by atoms with E-state index in [1.165, 1.54) is 24.3 Å². The van der Waals surface area contributed by atoms with Crippen LogP contribution in [0.15, 0.2) is 72.8 Å². The molecule has 150 valence electrons. The van der Waals surface area contributed by atoms with E-state index in [4.69, 9.17) is 0 Å². The first kappa shape index (κ1) is 19.4. The zero-order valence-electron chi connectivity index (χ0n) is 15.9. The average molecular weight is 412 g/mol. The molecule has 4 aromatic rings. The molecule has 0 aliphatic carbocycles. The molecule has 29 heavy (non-hydrogen) atoms. The first-order valence-corrected chi connectivity index (χ1v) is 11.1. The lowest BCUT2D eigenvalue weighted by molar-refractivity contribution is 0.166. The Morgan fingerprint density at radius 1 is 0.931 bits per heavy atom. The lowest BCUT2D eigenvalue weighted by Gasteiger charge is -2.25. The first-order chi connectivity index (χ1) is 13.8. The molecule has 5 nitrogen and oxygen atoms in total. The highest BCUT2D eigenvalue weighted by molar-refractivity contribution is 7.92. The van der Waals surface area contributed by atoms with Gasteiger partial charge in [-0.2, -0.15) is 0 Å². The summed E-state index contributed by atoms with van der Waals surface area (Å²) < 4.78 is 40.9. The second kappa shape index (κ2) is 7.50. The van der Waals surface area contributed by atoms with Gasteiger partial charge in [0.05, 0.1) is 31.1 Å². The lowest BCUT2D eigenvalue weighted by Crippen LogP contribution is -2.38. The molecule has 1 N–H and O–H groups in total. The Bertz CT molecular complexity index is 1210. The number of hydrogen-bond acceptors (Lipinski definition) is 3. The normalized spacial score (nSPS) is 13.1. The number of fused-ring (bicyclic) bond motifs is 3. The highest BCUT2D eigenvalue weighted by Crippen LogP contribution is 2.29. The van der Waals surface area contributed by atoms with Crippen molar-refractivity contribution >= 4 is 37.5 Å². The van der Waals surface area contributed by atoms with Gasteiger partial charge in [-0.3, -0.25) is 4.31 Å². The van der Waals surface area contributed by atoms with E-state index < -0.39 is 21.9 Å². The van der Waals surface area contributed by atoms with Crippen molar-refractivity contribution in [2.45, 2.75) is 12.6 Å². The number of rotatable bonds is 6. The van der Waals surface area contributed by atoms with Gasteiger partial charge in [0.2, 0.25) is 10.0 Å². The first-order valence-electron chi connectivity index (χ1n) is 9.22. The summed E-state index contributed by atoms with van der Waals surface area (Å²) in [6.45, 7) is 0.0898. The Morgan fingerprint density at radius 2 is 1.45 bits per heavy atom. The number of anilines is 1. The number of nitrogens with zero attached hydrogens (tertiary/aromatic N) is 2. The zero-order valence-corrected chi connectivity index (χ0v) is 16.7. The standard InChI is InChI=1S/C22H21FN2O3S/c1-29(27,28)25(17-12-10-16(23)11-13-17)15-18(26)14-24-21-8-4-2-6-19(21)20-7-3-5-9-22(20)24/h2-13,18,26H,14-15H2,1H3. The van der Waals surface area contributed by atoms with Gasteiger partial charge in [0.25, 0.3) is 0 Å².